The Morgan fingerprint density at radius 2 is 1.27 bits per heavy atom. The number of nitrogens with zero attached hydrogens (tertiary/aromatic N) is 5. The predicted molar refractivity (Wildman–Crippen MR) is 85.9 cm³/mol. The number of hydrogen-bond donors (Lipinski definition) is 2. The summed E-state index contributed by atoms with van der Waals surface area (Å²) in [6.45, 7) is 2.86. The molecule has 0 aliphatic rings. The highest BCUT2D eigenvalue weighted by Gasteiger charge is 2.08. The van der Waals surface area contributed by atoms with Crippen LogP contribution in [0, 0.1) is 0 Å². The van der Waals surface area contributed by atoms with Crippen molar-refractivity contribution < 1.29 is 67.3 Å². The number of pyridine rings is 1. The lowest BCUT2D eigenvalue weighted by molar-refractivity contribution is -0.689. The highest BCUT2D eigenvalue weighted by Crippen LogP contribution is 2.00. The molecule has 3 aromatic heterocycles. The van der Waals surface area contributed by atoms with Gasteiger partial charge >= 0.3 is 0 Å². The molecule has 0 aromatic carbocycles. The zero-order chi connectivity index (χ0) is 16.8. The van der Waals surface area contributed by atoms with Crippen LogP contribution in [-0.2, 0) is 26.2 Å². The van der Waals surface area contributed by atoms with E-state index in [1.54, 1.807) is 0 Å². The molecule has 3 aromatic rings. The van der Waals surface area contributed by atoms with Crippen LogP contribution in [0.3, 0.4) is 0 Å². The fraction of sp³-hybridized carbons (Fsp3) is 0.353. The van der Waals surface area contributed by atoms with Crippen molar-refractivity contribution in [2.75, 3.05) is 13.2 Å². The van der Waals surface area contributed by atoms with Crippen molar-refractivity contribution >= 4 is 0 Å². The summed E-state index contributed by atoms with van der Waals surface area (Å²) in [6, 6.07) is 6.05. The van der Waals surface area contributed by atoms with Gasteiger partial charge < -0.3 is 58.2 Å². The summed E-state index contributed by atoms with van der Waals surface area (Å²) in [5, 5.41) is 17.9. The second-order valence-electron chi connectivity index (χ2n) is 5.72. The first-order chi connectivity index (χ1) is 11.8. The monoisotopic (exact) mass is 583 g/mol. The van der Waals surface area contributed by atoms with Gasteiger partial charge in [-0.3, -0.25) is 0 Å². The van der Waals surface area contributed by atoms with E-state index < -0.39 is 0 Å². The van der Waals surface area contributed by atoms with Crippen LogP contribution in [0.5, 0.6) is 0 Å². The van der Waals surface area contributed by atoms with E-state index in [2.05, 4.69) is 0 Å². The van der Waals surface area contributed by atoms with Crippen molar-refractivity contribution in [2.45, 2.75) is 26.2 Å². The average Bonchev–Trinajstić information content (AvgIpc) is 3.18. The van der Waals surface area contributed by atoms with Crippen LogP contribution in [0.25, 0.3) is 0 Å². The van der Waals surface area contributed by atoms with E-state index in [1.807, 2.05) is 73.9 Å². The molecule has 0 saturated heterocycles. The SMILES string of the molecule is OCCn1cc[n+](Cc2cccc(C[n+]3ccn(CCO)c3)n2)c1.[I-].[I-]. The van der Waals surface area contributed by atoms with Gasteiger partial charge in [0, 0.05) is 0 Å². The third kappa shape index (κ3) is 6.59. The molecule has 0 fully saturated rings. The van der Waals surface area contributed by atoms with Gasteiger partial charge in [-0.15, -0.1) is 0 Å². The number of aromatic nitrogens is 5. The molecule has 0 radical (unpaired) electrons. The topological polar surface area (TPSA) is 71.0 Å². The van der Waals surface area contributed by atoms with Gasteiger partial charge in [0.15, 0.2) is 0 Å². The van der Waals surface area contributed by atoms with Gasteiger partial charge in [0.1, 0.15) is 51.0 Å². The summed E-state index contributed by atoms with van der Waals surface area (Å²) in [5.74, 6) is 0. The largest absolute Gasteiger partial charge is 1.00 e. The first kappa shape index (κ1) is 23.0. The molecule has 0 atom stereocenters. The Balaban J connectivity index is 0.00000169. The lowest BCUT2D eigenvalue weighted by Gasteiger charge is -2.01. The number of rotatable bonds is 8. The molecule has 7 nitrogen and oxygen atoms in total. The molecule has 2 N–H and O–H groups in total. The minimum atomic E-state index is 0. The van der Waals surface area contributed by atoms with Gasteiger partial charge in [0.25, 0.3) is 0 Å². The van der Waals surface area contributed by atoms with Crippen molar-refractivity contribution in [2.24, 2.45) is 0 Å². The minimum Gasteiger partial charge on any atom is -1.00 e. The Hall–Kier alpha value is -1.05. The van der Waals surface area contributed by atoms with E-state index in [1.165, 1.54) is 0 Å². The first-order valence-electron chi connectivity index (χ1n) is 8.03. The highest BCUT2D eigenvalue weighted by molar-refractivity contribution is 5.09. The molecule has 0 amide bonds. The fourth-order valence-corrected chi connectivity index (χ4v) is 2.64. The van der Waals surface area contributed by atoms with E-state index in [4.69, 9.17) is 15.2 Å². The van der Waals surface area contributed by atoms with Gasteiger partial charge in [-0.1, -0.05) is 6.07 Å². The second kappa shape index (κ2) is 11.6. The summed E-state index contributed by atoms with van der Waals surface area (Å²) in [5.41, 5.74) is 1.99. The lowest BCUT2D eigenvalue weighted by atomic mass is 10.3. The maximum Gasteiger partial charge on any atom is 0.244 e. The van der Waals surface area contributed by atoms with Gasteiger partial charge in [-0.05, 0) is 12.1 Å². The summed E-state index contributed by atoms with van der Waals surface area (Å²) in [4.78, 5) is 4.71. The smallest absolute Gasteiger partial charge is 0.244 e. The molecule has 26 heavy (non-hydrogen) atoms. The summed E-state index contributed by atoms with van der Waals surface area (Å²) < 4.78 is 7.99. The molecule has 0 bridgehead atoms. The Morgan fingerprint density at radius 3 is 1.69 bits per heavy atom. The number of aliphatic hydroxyl groups is 2. The van der Waals surface area contributed by atoms with Crippen LogP contribution < -0.4 is 57.1 Å². The normalized spacial score (nSPS) is 10.2. The maximum absolute atomic E-state index is 8.97. The molecule has 0 spiro atoms. The van der Waals surface area contributed by atoms with Crippen molar-refractivity contribution in [1.29, 1.82) is 0 Å². The third-order valence-electron chi connectivity index (χ3n) is 3.76. The van der Waals surface area contributed by atoms with Gasteiger partial charge in [0.05, 0.1) is 24.6 Å². The van der Waals surface area contributed by atoms with E-state index in [0.29, 0.717) is 26.2 Å². The summed E-state index contributed by atoms with van der Waals surface area (Å²) in [7, 11) is 0. The van der Waals surface area contributed by atoms with Crippen molar-refractivity contribution in [1.82, 2.24) is 14.1 Å². The Kier molecular flexibility index (Phi) is 10.3. The summed E-state index contributed by atoms with van der Waals surface area (Å²) >= 11 is 0. The molecule has 0 aliphatic heterocycles. The molecule has 0 unspecified atom stereocenters. The number of imidazole rings is 2. The van der Waals surface area contributed by atoms with Crippen LogP contribution in [0.15, 0.2) is 55.6 Å². The van der Waals surface area contributed by atoms with Crippen molar-refractivity contribution in [3.05, 3.63) is 67.0 Å². The molecule has 9 heteroatoms. The van der Waals surface area contributed by atoms with E-state index in [0.717, 1.165) is 11.4 Å². The highest BCUT2D eigenvalue weighted by atomic mass is 127. The summed E-state index contributed by atoms with van der Waals surface area (Å²) in [6.07, 6.45) is 11.8. The number of halogens is 2. The fourth-order valence-electron chi connectivity index (χ4n) is 2.64. The van der Waals surface area contributed by atoms with Crippen molar-refractivity contribution in [3.63, 3.8) is 0 Å². The minimum absolute atomic E-state index is 0. The Labute approximate surface area is 187 Å². The third-order valence-corrected chi connectivity index (χ3v) is 3.76. The van der Waals surface area contributed by atoms with Gasteiger partial charge in [0.2, 0.25) is 12.7 Å². The van der Waals surface area contributed by atoms with Crippen molar-refractivity contribution in [3.8, 4) is 0 Å². The van der Waals surface area contributed by atoms with E-state index >= 15 is 0 Å². The molecule has 142 valence electrons. The second-order valence-corrected chi connectivity index (χ2v) is 5.72. The van der Waals surface area contributed by atoms with Crippen LogP contribution in [0.2, 0.25) is 0 Å². The van der Waals surface area contributed by atoms with Gasteiger partial charge in [-0.25, -0.2) is 23.3 Å². The predicted octanol–water partition coefficient (Wildman–Crippen LogP) is -6.65. The number of aliphatic hydroxyl groups excluding tert-OH is 2. The van der Waals surface area contributed by atoms with Crippen LogP contribution in [0.4, 0.5) is 0 Å². The van der Waals surface area contributed by atoms with Crippen LogP contribution in [-0.4, -0.2) is 37.5 Å². The zero-order valence-corrected chi connectivity index (χ0v) is 18.6. The molecular weight excluding hydrogens is 560 g/mol. The Morgan fingerprint density at radius 1 is 0.808 bits per heavy atom. The van der Waals surface area contributed by atoms with Crippen LogP contribution in [0.1, 0.15) is 11.4 Å². The van der Waals surface area contributed by atoms with E-state index in [9.17, 15) is 0 Å². The molecule has 0 aliphatic carbocycles. The standard InChI is InChI=1S/C17H23N5O2.2HI/c23-10-8-19-4-6-21(14-19)12-16-2-1-3-17(18-16)13-22-7-5-20(15-22)9-11-24;;/h1-7,14-15,23-24H,8-13H2;2*1H/q+2;;/p-2. The van der Waals surface area contributed by atoms with E-state index in [-0.39, 0.29) is 61.2 Å². The zero-order valence-electron chi connectivity index (χ0n) is 14.3. The van der Waals surface area contributed by atoms with Crippen LogP contribution >= 0.6 is 0 Å². The average molecular weight is 583 g/mol. The molecule has 3 rings (SSSR count). The maximum atomic E-state index is 8.97. The Bertz CT molecular complexity index is 729. The number of hydrogen-bond acceptors (Lipinski definition) is 3. The molecule has 3 heterocycles. The lowest BCUT2D eigenvalue weighted by Crippen LogP contribution is -3.00. The molecule has 0 saturated carbocycles. The first-order valence-corrected chi connectivity index (χ1v) is 8.03. The van der Waals surface area contributed by atoms with Gasteiger partial charge in [-0.2, -0.15) is 0 Å². The molecular formula is C17H23I2N5O2. The quantitative estimate of drug-likeness (QED) is 0.205.